The predicted octanol–water partition coefficient (Wildman–Crippen LogP) is 0.130. The highest BCUT2D eigenvalue weighted by atomic mass is 32.2. The number of hydrogen-bond acceptors (Lipinski definition) is 5. The van der Waals surface area contributed by atoms with E-state index < -0.39 is 10.0 Å². The molecule has 0 aromatic carbocycles. The van der Waals surface area contributed by atoms with Crippen molar-refractivity contribution < 1.29 is 8.42 Å². The number of nitrogens with zero attached hydrogens (tertiary/aromatic N) is 3. The number of hydrogen-bond donors (Lipinski definition) is 1. The summed E-state index contributed by atoms with van der Waals surface area (Å²) in [5.74, 6) is 0.829. The lowest BCUT2D eigenvalue weighted by atomic mass is 10.3. The second-order valence-electron chi connectivity index (χ2n) is 4.86. The van der Waals surface area contributed by atoms with E-state index in [4.69, 9.17) is 0 Å². The zero-order valence-corrected chi connectivity index (χ0v) is 12.3. The summed E-state index contributed by atoms with van der Waals surface area (Å²) in [6.45, 7) is 1.85. The van der Waals surface area contributed by atoms with Crippen molar-refractivity contribution in [2.24, 2.45) is 0 Å². The Balaban J connectivity index is 2.16. The lowest BCUT2D eigenvalue weighted by Gasteiger charge is -2.18. The fraction of sp³-hybridized carbons (Fsp3) is 0.583. The molecule has 106 valence electrons. The number of pyridine rings is 1. The molecule has 1 N–H and O–H groups in total. The molecule has 1 aliphatic heterocycles. The molecule has 1 atom stereocenters. The average Bonchev–Trinajstić information content (AvgIpc) is 2.87. The van der Waals surface area contributed by atoms with Crippen molar-refractivity contribution in [3.8, 4) is 0 Å². The molecule has 0 saturated carbocycles. The van der Waals surface area contributed by atoms with Gasteiger partial charge >= 0.3 is 0 Å². The van der Waals surface area contributed by atoms with Gasteiger partial charge in [-0.05, 0) is 25.6 Å². The van der Waals surface area contributed by atoms with Gasteiger partial charge in [0.25, 0.3) is 0 Å². The van der Waals surface area contributed by atoms with Gasteiger partial charge in [0.15, 0.2) is 0 Å². The van der Waals surface area contributed by atoms with Gasteiger partial charge in [0.1, 0.15) is 10.7 Å². The lowest BCUT2D eigenvalue weighted by molar-refractivity contribution is 0.520. The average molecular weight is 284 g/mol. The Morgan fingerprint density at radius 2 is 2.16 bits per heavy atom. The third-order valence-electron chi connectivity index (χ3n) is 3.42. The van der Waals surface area contributed by atoms with E-state index in [1.54, 1.807) is 12.1 Å². The fourth-order valence-electron chi connectivity index (χ4n) is 2.13. The van der Waals surface area contributed by atoms with E-state index in [9.17, 15) is 8.42 Å². The highest BCUT2D eigenvalue weighted by Gasteiger charge is 2.23. The second kappa shape index (κ2) is 5.44. The van der Waals surface area contributed by atoms with E-state index in [1.165, 1.54) is 24.6 Å². The second-order valence-corrected chi connectivity index (χ2v) is 7.01. The minimum atomic E-state index is -3.39. The van der Waals surface area contributed by atoms with Crippen LogP contribution in [0.2, 0.25) is 0 Å². The summed E-state index contributed by atoms with van der Waals surface area (Å²) in [5, 5.41) is 3.24. The van der Waals surface area contributed by atoms with Gasteiger partial charge in [0.05, 0.1) is 0 Å². The van der Waals surface area contributed by atoms with Crippen molar-refractivity contribution >= 4 is 15.8 Å². The SMILES string of the molecule is CNC1CCN(c2ccc(S(=O)(=O)N(C)C)cn2)C1. The molecule has 6 nitrogen and oxygen atoms in total. The van der Waals surface area contributed by atoms with Crippen molar-refractivity contribution in [3.63, 3.8) is 0 Å². The summed E-state index contributed by atoms with van der Waals surface area (Å²) >= 11 is 0. The van der Waals surface area contributed by atoms with E-state index in [1.807, 2.05) is 7.05 Å². The van der Waals surface area contributed by atoms with Gasteiger partial charge in [-0.2, -0.15) is 0 Å². The minimum absolute atomic E-state index is 0.227. The number of aromatic nitrogens is 1. The summed E-state index contributed by atoms with van der Waals surface area (Å²) in [5.41, 5.74) is 0. The van der Waals surface area contributed by atoms with E-state index in [0.29, 0.717) is 6.04 Å². The van der Waals surface area contributed by atoms with E-state index in [0.717, 1.165) is 25.3 Å². The number of likely N-dealkylation sites (N-methyl/N-ethyl adjacent to an activating group) is 1. The topological polar surface area (TPSA) is 65.5 Å². The Hall–Kier alpha value is -1.18. The normalized spacial score (nSPS) is 20.2. The van der Waals surface area contributed by atoms with Crippen LogP contribution in [-0.4, -0.2) is 58.0 Å². The van der Waals surface area contributed by atoms with E-state index >= 15 is 0 Å². The van der Waals surface area contributed by atoms with Gasteiger partial charge in [0.2, 0.25) is 10.0 Å². The molecule has 1 fully saturated rings. The van der Waals surface area contributed by atoms with Crippen LogP contribution in [0.1, 0.15) is 6.42 Å². The Kier molecular flexibility index (Phi) is 4.07. The minimum Gasteiger partial charge on any atom is -0.355 e. The van der Waals surface area contributed by atoms with Gasteiger partial charge in [0, 0.05) is 39.4 Å². The van der Waals surface area contributed by atoms with Crippen molar-refractivity contribution in [2.75, 3.05) is 39.1 Å². The molecule has 1 aliphatic rings. The highest BCUT2D eigenvalue weighted by Crippen LogP contribution is 2.20. The molecule has 2 rings (SSSR count). The molecule has 19 heavy (non-hydrogen) atoms. The molecule has 7 heteroatoms. The fourth-order valence-corrected chi connectivity index (χ4v) is 2.97. The predicted molar refractivity (Wildman–Crippen MR) is 74.8 cm³/mol. The molecule has 2 heterocycles. The van der Waals surface area contributed by atoms with Crippen LogP contribution < -0.4 is 10.2 Å². The number of anilines is 1. The van der Waals surface area contributed by atoms with Crippen LogP contribution in [0.25, 0.3) is 0 Å². The monoisotopic (exact) mass is 284 g/mol. The van der Waals surface area contributed by atoms with Crippen LogP contribution in [0.15, 0.2) is 23.2 Å². The summed E-state index contributed by atoms with van der Waals surface area (Å²) in [6.07, 6.45) is 2.51. The van der Waals surface area contributed by atoms with Gasteiger partial charge in [-0.3, -0.25) is 0 Å². The first-order valence-corrected chi connectivity index (χ1v) is 7.70. The number of sulfonamides is 1. The molecule has 1 aromatic heterocycles. The van der Waals surface area contributed by atoms with Crippen LogP contribution in [-0.2, 0) is 10.0 Å². The molecule has 0 spiro atoms. The first-order valence-electron chi connectivity index (χ1n) is 6.26. The molecule has 1 saturated heterocycles. The van der Waals surface area contributed by atoms with Gasteiger partial charge in [-0.25, -0.2) is 17.7 Å². The lowest BCUT2D eigenvalue weighted by Crippen LogP contribution is -2.30. The van der Waals surface area contributed by atoms with E-state index in [-0.39, 0.29) is 4.90 Å². The Labute approximate surface area is 114 Å². The zero-order chi connectivity index (χ0) is 14.0. The van der Waals surface area contributed by atoms with Gasteiger partial charge in [-0.15, -0.1) is 0 Å². The molecule has 1 unspecified atom stereocenters. The maximum atomic E-state index is 11.9. The Bertz CT molecular complexity index is 527. The molecule has 0 amide bonds. The smallest absolute Gasteiger partial charge is 0.244 e. The van der Waals surface area contributed by atoms with Crippen molar-refractivity contribution in [1.82, 2.24) is 14.6 Å². The first-order chi connectivity index (χ1) is 8.95. The highest BCUT2D eigenvalue weighted by molar-refractivity contribution is 7.89. The Morgan fingerprint density at radius 1 is 1.42 bits per heavy atom. The molecule has 1 aromatic rings. The van der Waals surface area contributed by atoms with E-state index in [2.05, 4.69) is 15.2 Å². The molecular weight excluding hydrogens is 264 g/mol. The summed E-state index contributed by atoms with van der Waals surface area (Å²) < 4.78 is 25.0. The van der Waals surface area contributed by atoms with Crippen LogP contribution in [0, 0.1) is 0 Å². The van der Waals surface area contributed by atoms with Crippen LogP contribution in [0.3, 0.4) is 0 Å². The Morgan fingerprint density at radius 3 is 2.63 bits per heavy atom. The molecule has 0 radical (unpaired) electrons. The van der Waals surface area contributed by atoms with Gasteiger partial charge < -0.3 is 10.2 Å². The van der Waals surface area contributed by atoms with Crippen molar-refractivity contribution in [1.29, 1.82) is 0 Å². The van der Waals surface area contributed by atoms with Gasteiger partial charge in [-0.1, -0.05) is 0 Å². The van der Waals surface area contributed by atoms with Crippen LogP contribution in [0.5, 0.6) is 0 Å². The van der Waals surface area contributed by atoms with Crippen LogP contribution in [0.4, 0.5) is 5.82 Å². The number of rotatable bonds is 4. The standard InChI is InChI=1S/C12H20N4O2S/c1-13-10-6-7-16(9-10)12-5-4-11(8-14-12)19(17,18)15(2)3/h4-5,8,10,13H,6-7,9H2,1-3H3. The first kappa shape index (κ1) is 14.2. The summed E-state index contributed by atoms with van der Waals surface area (Å²) in [6, 6.07) is 3.87. The maximum Gasteiger partial charge on any atom is 0.244 e. The van der Waals surface area contributed by atoms with Crippen LogP contribution >= 0.6 is 0 Å². The third-order valence-corrected chi connectivity index (χ3v) is 5.22. The summed E-state index contributed by atoms with van der Waals surface area (Å²) in [4.78, 5) is 6.66. The number of nitrogens with one attached hydrogen (secondary N) is 1. The molecule has 0 bridgehead atoms. The van der Waals surface area contributed by atoms with Crippen molar-refractivity contribution in [3.05, 3.63) is 18.3 Å². The van der Waals surface area contributed by atoms with Crippen molar-refractivity contribution in [2.45, 2.75) is 17.4 Å². The maximum absolute atomic E-state index is 11.9. The quantitative estimate of drug-likeness (QED) is 0.851. The summed E-state index contributed by atoms with van der Waals surface area (Å²) in [7, 11) is 1.59. The third kappa shape index (κ3) is 2.88. The molecule has 0 aliphatic carbocycles. The molecular formula is C12H20N4O2S. The zero-order valence-electron chi connectivity index (χ0n) is 11.5. The largest absolute Gasteiger partial charge is 0.355 e.